The molecule has 1 fully saturated rings. The number of anilines is 1. The van der Waals surface area contributed by atoms with Gasteiger partial charge in [0.05, 0.1) is 6.54 Å². The highest BCUT2D eigenvalue weighted by atomic mass is 16.6. The second-order valence-electron chi connectivity index (χ2n) is 8.69. The van der Waals surface area contributed by atoms with E-state index in [1.165, 1.54) is 5.56 Å². The van der Waals surface area contributed by atoms with Gasteiger partial charge in [-0.25, -0.2) is 9.59 Å². The van der Waals surface area contributed by atoms with Crippen molar-refractivity contribution in [2.24, 2.45) is 0 Å². The molecular formula is C20H30N2O4. The van der Waals surface area contributed by atoms with E-state index < -0.39 is 11.7 Å². The predicted molar refractivity (Wildman–Crippen MR) is 101 cm³/mol. The van der Waals surface area contributed by atoms with Crippen LogP contribution in [0.4, 0.5) is 15.3 Å². The van der Waals surface area contributed by atoms with E-state index in [0.717, 1.165) is 0 Å². The summed E-state index contributed by atoms with van der Waals surface area (Å²) < 4.78 is 10.8. The van der Waals surface area contributed by atoms with Crippen LogP contribution in [0.3, 0.4) is 0 Å². The molecule has 1 unspecified atom stereocenters. The topological polar surface area (TPSA) is 67.9 Å². The lowest BCUT2D eigenvalue weighted by Crippen LogP contribution is -2.36. The summed E-state index contributed by atoms with van der Waals surface area (Å²) >= 11 is 0. The van der Waals surface area contributed by atoms with Gasteiger partial charge in [0, 0.05) is 18.7 Å². The lowest BCUT2D eigenvalue weighted by Gasteiger charge is -2.24. The Kier molecular flexibility index (Phi) is 5.84. The third-order valence-corrected chi connectivity index (χ3v) is 4.07. The van der Waals surface area contributed by atoms with Crippen LogP contribution in [0.5, 0.6) is 0 Å². The molecule has 0 saturated carbocycles. The van der Waals surface area contributed by atoms with Gasteiger partial charge in [-0.15, -0.1) is 0 Å². The summed E-state index contributed by atoms with van der Waals surface area (Å²) in [5, 5.41) is 2.73. The molecule has 144 valence electrons. The number of carbonyl (C=O) groups excluding carboxylic acids is 2. The monoisotopic (exact) mass is 362 g/mol. The molecule has 0 bridgehead atoms. The summed E-state index contributed by atoms with van der Waals surface area (Å²) in [4.78, 5) is 25.7. The fraction of sp³-hybridized carbons (Fsp3) is 0.600. The van der Waals surface area contributed by atoms with Gasteiger partial charge in [0.15, 0.2) is 0 Å². The highest BCUT2D eigenvalue weighted by Crippen LogP contribution is 2.24. The number of hydrogen-bond acceptors (Lipinski definition) is 4. The SMILES string of the molecule is CC(C)(C)OC(=O)N1CCC(OC(=O)Nc2ccc(C(C)(C)C)cc2)C1. The van der Waals surface area contributed by atoms with Crippen molar-refractivity contribution in [2.75, 3.05) is 18.4 Å². The molecule has 6 heteroatoms. The van der Waals surface area contributed by atoms with E-state index >= 15 is 0 Å². The average Bonchev–Trinajstić information content (AvgIpc) is 2.93. The molecule has 1 aliphatic rings. The van der Waals surface area contributed by atoms with Crippen molar-refractivity contribution >= 4 is 17.9 Å². The van der Waals surface area contributed by atoms with Crippen LogP contribution < -0.4 is 5.32 Å². The van der Waals surface area contributed by atoms with Gasteiger partial charge in [0.2, 0.25) is 0 Å². The van der Waals surface area contributed by atoms with Crippen molar-refractivity contribution < 1.29 is 19.1 Å². The van der Waals surface area contributed by atoms with Crippen LogP contribution in [-0.4, -0.2) is 41.9 Å². The first-order chi connectivity index (χ1) is 11.9. The van der Waals surface area contributed by atoms with E-state index in [2.05, 4.69) is 26.1 Å². The Morgan fingerprint density at radius 1 is 1.08 bits per heavy atom. The molecule has 0 spiro atoms. The highest BCUT2D eigenvalue weighted by molar-refractivity contribution is 5.84. The molecule has 1 atom stereocenters. The van der Waals surface area contributed by atoms with Crippen LogP contribution in [0.25, 0.3) is 0 Å². The smallest absolute Gasteiger partial charge is 0.411 e. The van der Waals surface area contributed by atoms with E-state index in [1.807, 2.05) is 45.0 Å². The number of likely N-dealkylation sites (tertiary alicyclic amines) is 1. The van der Waals surface area contributed by atoms with Crippen LogP contribution in [0, 0.1) is 0 Å². The van der Waals surface area contributed by atoms with E-state index in [9.17, 15) is 9.59 Å². The first kappa shape index (κ1) is 20.1. The van der Waals surface area contributed by atoms with Crippen LogP contribution in [-0.2, 0) is 14.9 Å². The number of amides is 2. The van der Waals surface area contributed by atoms with E-state index in [4.69, 9.17) is 9.47 Å². The molecule has 2 rings (SSSR count). The van der Waals surface area contributed by atoms with Crippen LogP contribution in [0.2, 0.25) is 0 Å². The van der Waals surface area contributed by atoms with Gasteiger partial charge in [-0.05, 0) is 43.9 Å². The molecule has 0 aliphatic carbocycles. The third kappa shape index (κ3) is 5.93. The minimum atomic E-state index is -0.535. The zero-order valence-corrected chi connectivity index (χ0v) is 16.6. The standard InChI is InChI=1S/C20H30N2O4/c1-19(2,3)14-7-9-15(10-8-14)21-17(23)25-16-11-12-22(13-16)18(24)26-20(4,5)6/h7-10,16H,11-13H2,1-6H3,(H,21,23). The maximum absolute atomic E-state index is 12.1. The lowest BCUT2D eigenvalue weighted by molar-refractivity contribution is 0.0263. The van der Waals surface area contributed by atoms with Crippen molar-refractivity contribution in [2.45, 2.75) is 65.1 Å². The Balaban J connectivity index is 1.83. The van der Waals surface area contributed by atoms with Gasteiger partial charge in [-0.3, -0.25) is 5.32 Å². The first-order valence-electron chi connectivity index (χ1n) is 9.00. The van der Waals surface area contributed by atoms with Gasteiger partial charge in [0.1, 0.15) is 11.7 Å². The molecular weight excluding hydrogens is 332 g/mol. The minimum absolute atomic E-state index is 0.0635. The van der Waals surface area contributed by atoms with Crippen molar-refractivity contribution in [3.63, 3.8) is 0 Å². The molecule has 1 heterocycles. The summed E-state index contributed by atoms with van der Waals surface area (Å²) in [7, 11) is 0. The van der Waals surface area contributed by atoms with Gasteiger partial charge >= 0.3 is 12.2 Å². The molecule has 1 N–H and O–H groups in total. The number of benzene rings is 1. The largest absolute Gasteiger partial charge is 0.444 e. The number of nitrogens with zero attached hydrogens (tertiary/aromatic N) is 1. The third-order valence-electron chi connectivity index (χ3n) is 4.07. The Labute approximate surface area is 155 Å². The summed E-state index contributed by atoms with van der Waals surface area (Å²) in [5.74, 6) is 0. The molecule has 26 heavy (non-hydrogen) atoms. The fourth-order valence-corrected chi connectivity index (χ4v) is 2.67. The Morgan fingerprint density at radius 2 is 1.69 bits per heavy atom. The van der Waals surface area contributed by atoms with E-state index in [0.29, 0.717) is 25.2 Å². The average molecular weight is 362 g/mol. The maximum Gasteiger partial charge on any atom is 0.411 e. The molecule has 2 amide bonds. The summed E-state index contributed by atoms with van der Waals surface area (Å²) in [6.45, 7) is 12.8. The van der Waals surface area contributed by atoms with Gasteiger partial charge in [-0.2, -0.15) is 0 Å². The highest BCUT2D eigenvalue weighted by Gasteiger charge is 2.31. The molecule has 0 radical (unpaired) electrons. The Bertz CT molecular complexity index is 641. The zero-order valence-electron chi connectivity index (χ0n) is 16.6. The maximum atomic E-state index is 12.1. The number of carbonyl (C=O) groups is 2. The lowest BCUT2D eigenvalue weighted by atomic mass is 9.87. The normalized spacial score (nSPS) is 17.8. The van der Waals surface area contributed by atoms with Crippen LogP contribution in [0.15, 0.2) is 24.3 Å². The summed E-state index contributed by atoms with van der Waals surface area (Å²) in [6, 6.07) is 7.72. The Hall–Kier alpha value is -2.24. The number of hydrogen-bond donors (Lipinski definition) is 1. The number of rotatable bonds is 2. The molecule has 1 saturated heterocycles. The second kappa shape index (κ2) is 7.56. The van der Waals surface area contributed by atoms with E-state index in [-0.39, 0.29) is 17.6 Å². The van der Waals surface area contributed by atoms with Crippen molar-refractivity contribution in [1.29, 1.82) is 0 Å². The molecule has 0 aromatic heterocycles. The minimum Gasteiger partial charge on any atom is -0.444 e. The second-order valence-corrected chi connectivity index (χ2v) is 8.69. The van der Waals surface area contributed by atoms with Crippen LogP contribution in [0.1, 0.15) is 53.5 Å². The van der Waals surface area contributed by atoms with Crippen molar-refractivity contribution in [3.05, 3.63) is 29.8 Å². The van der Waals surface area contributed by atoms with E-state index in [1.54, 1.807) is 4.90 Å². The number of ether oxygens (including phenoxy) is 2. The summed E-state index contributed by atoms with van der Waals surface area (Å²) in [5.41, 5.74) is 1.41. The number of nitrogens with one attached hydrogen (secondary N) is 1. The zero-order chi connectivity index (χ0) is 19.5. The fourth-order valence-electron chi connectivity index (χ4n) is 2.67. The quantitative estimate of drug-likeness (QED) is 0.838. The first-order valence-corrected chi connectivity index (χ1v) is 9.00. The van der Waals surface area contributed by atoms with Gasteiger partial charge < -0.3 is 14.4 Å². The summed E-state index contributed by atoms with van der Waals surface area (Å²) in [6.07, 6.45) is -0.599. The van der Waals surface area contributed by atoms with Gasteiger partial charge in [0.25, 0.3) is 0 Å². The predicted octanol–water partition coefficient (Wildman–Crippen LogP) is 4.54. The molecule has 1 aromatic rings. The molecule has 6 nitrogen and oxygen atoms in total. The van der Waals surface area contributed by atoms with Gasteiger partial charge in [-0.1, -0.05) is 32.9 Å². The molecule has 1 aromatic carbocycles. The Morgan fingerprint density at radius 3 is 2.23 bits per heavy atom. The van der Waals surface area contributed by atoms with Crippen molar-refractivity contribution in [1.82, 2.24) is 4.90 Å². The van der Waals surface area contributed by atoms with Crippen molar-refractivity contribution in [3.8, 4) is 0 Å². The van der Waals surface area contributed by atoms with Crippen LogP contribution >= 0.6 is 0 Å². The molecule has 1 aliphatic heterocycles.